The van der Waals surface area contributed by atoms with Crippen molar-refractivity contribution in [3.63, 3.8) is 0 Å². The molecule has 148 valence electrons. The van der Waals surface area contributed by atoms with Crippen LogP contribution in [0.15, 0.2) is 63.3 Å². The van der Waals surface area contributed by atoms with Crippen molar-refractivity contribution >= 4 is 28.3 Å². The molecule has 0 radical (unpaired) electrons. The highest BCUT2D eigenvalue weighted by atomic mass is 32.2. The Morgan fingerprint density at radius 1 is 1.03 bits per heavy atom. The summed E-state index contributed by atoms with van der Waals surface area (Å²) in [5.74, 6) is 0.768. The molecule has 0 aliphatic carbocycles. The molecular formula is C22H22N4O2S. The van der Waals surface area contributed by atoms with Gasteiger partial charge in [-0.3, -0.25) is 18.6 Å². The van der Waals surface area contributed by atoms with Gasteiger partial charge in [0.05, 0.1) is 16.6 Å². The van der Waals surface area contributed by atoms with Crippen LogP contribution in [-0.2, 0) is 12.3 Å². The second-order valence-electron chi connectivity index (χ2n) is 7.46. The van der Waals surface area contributed by atoms with Crippen molar-refractivity contribution in [3.05, 3.63) is 80.6 Å². The summed E-state index contributed by atoms with van der Waals surface area (Å²) in [6.07, 6.45) is 0. The van der Waals surface area contributed by atoms with Gasteiger partial charge in [0.25, 0.3) is 11.1 Å². The fourth-order valence-electron chi connectivity index (χ4n) is 3.36. The van der Waals surface area contributed by atoms with E-state index in [1.807, 2.05) is 49.4 Å². The van der Waals surface area contributed by atoms with Crippen molar-refractivity contribution in [3.8, 4) is 0 Å². The van der Waals surface area contributed by atoms with Gasteiger partial charge in [-0.1, -0.05) is 43.8 Å². The fraction of sp³-hybridized carbons (Fsp3) is 0.273. The molecular weight excluding hydrogens is 384 g/mol. The number of benzene rings is 1. The van der Waals surface area contributed by atoms with Gasteiger partial charge in [-0.15, -0.1) is 0 Å². The highest BCUT2D eigenvalue weighted by Gasteiger charge is 2.14. The van der Waals surface area contributed by atoms with E-state index in [2.05, 4.69) is 18.8 Å². The largest absolute Gasteiger partial charge is 0.287 e. The molecule has 0 atom stereocenters. The molecule has 0 aliphatic rings. The zero-order valence-electron chi connectivity index (χ0n) is 16.6. The highest BCUT2D eigenvalue weighted by Crippen LogP contribution is 2.22. The number of para-hydroxylation sites is 1. The minimum absolute atomic E-state index is 0.0334. The van der Waals surface area contributed by atoms with Crippen LogP contribution in [0.2, 0.25) is 0 Å². The number of nitrogens with zero attached hydrogens (tertiary/aromatic N) is 4. The first kappa shape index (κ1) is 19.4. The quantitative estimate of drug-likeness (QED) is 0.374. The lowest BCUT2D eigenvalue weighted by molar-refractivity contribution is 0.475. The van der Waals surface area contributed by atoms with Crippen molar-refractivity contribution in [2.24, 2.45) is 5.92 Å². The molecule has 0 saturated carbocycles. The Labute approximate surface area is 172 Å². The van der Waals surface area contributed by atoms with Crippen LogP contribution in [0.1, 0.15) is 25.2 Å². The molecule has 0 spiro atoms. The van der Waals surface area contributed by atoms with Gasteiger partial charge in [0, 0.05) is 24.1 Å². The summed E-state index contributed by atoms with van der Waals surface area (Å²) < 4.78 is 3.33. The predicted molar refractivity (Wildman–Crippen MR) is 117 cm³/mol. The molecule has 1 aromatic carbocycles. The minimum Gasteiger partial charge on any atom is -0.287 e. The third-order valence-electron chi connectivity index (χ3n) is 4.66. The van der Waals surface area contributed by atoms with Crippen LogP contribution in [0, 0.1) is 12.8 Å². The summed E-state index contributed by atoms with van der Waals surface area (Å²) in [7, 11) is 0. The van der Waals surface area contributed by atoms with Crippen LogP contribution in [0.4, 0.5) is 0 Å². The Hall–Kier alpha value is -2.93. The zero-order chi connectivity index (χ0) is 20.5. The highest BCUT2D eigenvalue weighted by molar-refractivity contribution is 7.98. The summed E-state index contributed by atoms with van der Waals surface area (Å²) in [5, 5.41) is 1.27. The third kappa shape index (κ3) is 3.82. The number of pyridine rings is 1. The number of aromatic nitrogens is 4. The van der Waals surface area contributed by atoms with E-state index >= 15 is 0 Å². The van der Waals surface area contributed by atoms with Gasteiger partial charge in [0.15, 0.2) is 5.16 Å². The lowest BCUT2D eigenvalue weighted by Crippen LogP contribution is -2.25. The van der Waals surface area contributed by atoms with Crippen molar-refractivity contribution in [2.45, 2.75) is 38.2 Å². The molecule has 29 heavy (non-hydrogen) atoms. The molecule has 0 fully saturated rings. The van der Waals surface area contributed by atoms with Crippen LogP contribution in [0.5, 0.6) is 0 Å². The first-order valence-electron chi connectivity index (χ1n) is 9.54. The number of fused-ring (bicyclic) bond motifs is 2. The van der Waals surface area contributed by atoms with E-state index in [0.29, 0.717) is 45.6 Å². The van der Waals surface area contributed by atoms with Crippen molar-refractivity contribution in [1.29, 1.82) is 0 Å². The van der Waals surface area contributed by atoms with Gasteiger partial charge < -0.3 is 0 Å². The predicted octanol–water partition coefficient (Wildman–Crippen LogP) is 3.66. The minimum atomic E-state index is -0.102. The van der Waals surface area contributed by atoms with Gasteiger partial charge in [0.2, 0.25) is 0 Å². The van der Waals surface area contributed by atoms with E-state index in [0.717, 1.165) is 5.69 Å². The smallest absolute Gasteiger partial charge is 0.262 e. The van der Waals surface area contributed by atoms with Crippen molar-refractivity contribution < 1.29 is 0 Å². The second-order valence-corrected chi connectivity index (χ2v) is 8.40. The second kappa shape index (κ2) is 7.83. The average molecular weight is 407 g/mol. The topological polar surface area (TPSA) is 69.3 Å². The Kier molecular flexibility index (Phi) is 5.24. The fourth-order valence-corrected chi connectivity index (χ4v) is 4.26. The summed E-state index contributed by atoms with van der Waals surface area (Å²) in [6, 6.07) is 14.5. The lowest BCUT2D eigenvalue weighted by atomic mass is 10.2. The van der Waals surface area contributed by atoms with Crippen LogP contribution in [-0.4, -0.2) is 18.9 Å². The molecule has 0 N–H and O–H groups in total. The van der Waals surface area contributed by atoms with Crippen molar-refractivity contribution in [1.82, 2.24) is 18.9 Å². The van der Waals surface area contributed by atoms with E-state index in [4.69, 9.17) is 4.98 Å². The SMILES string of the molecule is Cc1cccc2nc(CSc3nc4ccccc4c(=O)n3CC(C)C)cc(=O)n12. The number of hydrogen-bond donors (Lipinski definition) is 0. The third-order valence-corrected chi connectivity index (χ3v) is 5.67. The molecule has 0 aliphatic heterocycles. The van der Waals surface area contributed by atoms with E-state index in [1.165, 1.54) is 11.8 Å². The maximum Gasteiger partial charge on any atom is 0.262 e. The summed E-state index contributed by atoms with van der Waals surface area (Å²) >= 11 is 1.43. The van der Waals surface area contributed by atoms with E-state index < -0.39 is 0 Å². The molecule has 0 bridgehead atoms. The molecule has 0 unspecified atom stereocenters. The first-order valence-corrected chi connectivity index (χ1v) is 10.5. The molecule has 3 heterocycles. The van der Waals surface area contributed by atoms with Crippen molar-refractivity contribution in [2.75, 3.05) is 0 Å². The normalized spacial score (nSPS) is 11.6. The molecule has 6 nitrogen and oxygen atoms in total. The maximum atomic E-state index is 13.0. The van der Waals surface area contributed by atoms with Crippen LogP contribution in [0.3, 0.4) is 0 Å². The Morgan fingerprint density at radius 2 is 1.83 bits per heavy atom. The van der Waals surface area contributed by atoms with Gasteiger partial charge in [-0.2, -0.15) is 0 Å². The Bertz CT molecular complexity index is 1320. The Balaban J connectivity index is 1.74. The number of aryl methyl sites for hydroxylation is 1. The summed E-state index contributed by atoms with van der Waals surface area (Å²) in [5.41, 5.74) is 2.69. The first-order chi connectivity index (χ1) is 13.9. The standard InChI is InChI=1S/C22H22N4O2S/c1-14(2)12-25-21(28)17-8-4-5-9-18(17)24-22(25)29-13-16-11-20(27)26-15(3)7-6-10-19(26)23-16/h4-11,14H,12-13H2,1-3H3. The van der Waals surface area contributed by atoms with Crippen LogP contribution >= 0.6 is 11.8 Å². The Morgan fingerprint density at radius 3 is 2.62 bits per heavy atom. The van der Waals surface area contributed by atoms with E-state index in [-0.39, 0.29) is 11.1 Å². The molecule has 0 saturated heterocycles. The monoisotopic (exact) mass is 406 g/mol. The maximum absolute atomic E-state index is 13.0. The van der Waals surface area contributed by atoms with Gasteiger partial charge in [-0.25, -0.2) is 9.97 Å². The van der Waals surface area contributed by atoms with E-state index in [1.54, 1.807) is 15.0 Å². The zero-order valence-corrected chi connectivity index (χ0v) is 17.4. The van der Waals surface area contributed by atoms with E-state index in [9.17, 15) is 9.59 Å². The molecule has 7 heteroatoms. The summed E-state index contributed by atoms with van der Waals surface area (Å²) in [6.45, 7) is 6.62. The molecule has 4 rings (SSSR count). The lowest BCUT2D eigenvalue weighted by Gasteiger charge is -2.15. The van der Waals surface area contributed by atoms with Gasteiger partial charge in [0.1, 0.15) is 5.65 Å². The molecule has 0 amide bonds. The van der Waals surface area contributed by atoms with Gasteiger partial charge in [-0.05, 0) is 37.1 Å². The summed E-state index contributed by atoms with van der Waals surface area (Å²) in [4.78, 5) is 34.9. The molecule has 3 aromatic heterocycles. The number of rotatable bonds is 5. The van der Waals surface area contributed by atoms with Crippen LogP contribution in [0.25, 0.3) is 16.6 Å². The van der Waals surface area contributed by atoms with Crippen LogP contribution < -0.4 is 11.1 Å². The number of hydrogen-bond acceptors (Lipinski definition) is 5. The average Bonchev–Trinajstić information content (AvgIpc) is 2.68. The molecule has 4 aromatic rings. The van der Waals surface area contributed by atoms with Gasteiger partial charge >= 0.3 is 0 Å². The number of thioether (sulfide) groups is 1.